The first-order valence-corrected chi connectivity index (χ1v) is 8.27. The van der Waals surface area contributed by atoms with E-state index in [-0.39, 0.29) is 11.7 Å². The Morgan fingerprint density at radius 2 is 2.00 bits per heavy atom. The third-order valence-corrected chi connectivity index (χ3v) is 5.09. The second-order valence-corrected chi connectivity index (χ2v) is 7.06. The summed E-state index contributed by atoms with van der Waals surface area (Å²) < 4.78 is 0. The molecule has 3 nitrogen and oxygen atoms in total. The number of hydrogen-bond acceptors (Lipinski definition) is 3. The molecule has 110 valence electrons. The lowest BCUT2D eigenvalue weighted by Crippen LogP contribution is -2.41. The number of ketones is 1. The minimum Gasteiger partial charge on any atom is -0.353 e. The molecule has 1 N–H and O–H groups in total. The number of rotatable bonds is 5. The fourth-order valence-corrected chi connectivity index (χ4v) is 3.58. The standard InChI is InChI=1S/C16H23NO2S/c1-11-5-3-4-6-13(11)17-16(19)10-8-14(18)15-9-7-12(2)20-15/h7,9,11,13H,3-6,8,10H2,1-2H3,(H,17,19)/t11-,13+/m1/s1. The first kappa shape index (κ1) is 15.2. The van der Waals surface area contributed by atoms with Gasteiger partial charge in [0.2, 0.25) is 5.91 Å². The second-order valence-electron chi connectivity index (χ2n) is 5.77. The lowest BCUT2D eigenvalue weighted by Gasteiger charge is -2.29. The van der Waals surface area contributed by atoms with Gasteiger partial charge in [-0.25, -0.2) is 0 Å². The first-order chi connectivity index (χ1) is 9.56. The maximum absolute atomic E-state index is 11.9. The number of Topliss-reactive ketones (excluding diaryl/α,β-unsaturated/α-hetero) is 1. The summed E-state index contributed by atoms with van der Waals surface area (Å²) in [7, 11) is 0. The topological polar surface area (TPSA) is 46.2 Å². The Morgan fingerprint density at radius 1 is 1.25 bits per heavy atom. The summed E-state index contributed by atoms with van der Waals surface area (Å²) in [5, 5.41) is 3.09. The van der Waals surface area contributed by atoms with Crippen LogP contribution in [0.5, 0.6) is 0 Å². The van der Waals surface area contributed by atoms with E-state index in [1.165, 1.54) is 30.6 Å². The molecule has 1 aromatic heterocycles. The number of carbonyl (C=O) groups is 2. The third-order valence-electron chi connectivity index (χ3n) is 4.05. The lowest BCUT2D eigenvalue weighted by molar-refractivity contribution is -0.122. The van der Waals surface area contributed by atoms with Crippen LogP contribution in [0.4, 0.5) is 0 Å². The summed E-state index contributed by atoms with van der Waals surface area (Å²) in [6.45, 7) is 4.18. The molecule has 1 saturated carbocycles. The maximum Gasteiger partial charge on any atom is 0.220 e. The third kappa shape index (κ3) is 4.17. The molecule has 1 aromatic rings. The number of aryl methyl sites for hydroxylation is 1. The molecule has 0 spiro atoms. The van der Waals surface area contributed by atoms with Crippen molar-refractivity contribution in [3.05, 3.63) is 21.9 Å². The van der Waals surface area contributed by atoms with Crippen LogP contribution in [-0.2, 0) is 4.79 Å². The van der Waals surface area contributed by atoms with E-state index < -0.39 is 0 Å². The van der Waals surface area contributed by atoms with E-state index in [0.29, 0.717) is 24.8 Å². The first-order valence-electron chi connectivity index (χ1n) is 7.45. The molecular formula is C16H23NO2S. The van der Waals surface area contributed by atoms with Crippen LogP contribution >= 0.6 is 11.3 Å². The number of amides is 1. The van der Waals surface area contributed by atoms with Crippen molar-refractivity contribution >= 4 is 23.0 Å². The van der Waals surface area contributed by atoms with Crippen molar-refractivity contribution in [2.45, 2.75) is 58.4 Å². The predicted octanol–water partition coefficient (Wildman–Crippen LogP) is 3.71. The van der Waals surface area contributed by atoms with Crippen molar-refractivity contribution in [2.75, 3.05) is 0 Å². The van der Waals surface area contributed by atoms with Gasteiger partial charge in [-0.05, 0) is 37.8 Å². The minimum atomic E-state index is 0.0189. The largest absolute Gasteiger partial charge is 0.353 e. The van der Waals surface area contributed by atoms with Crippen LogP contribution in [0.1, 0.15) is 60.0 Å². The van der Waals surface area contributed by atoms with Crippen molar-refractivity contribution in [3.63, 3.8) is 0 Å². The number of nitrogens with one attached hydrogen (secondary N) is 1. The normalized spacial score (nSPS) is 22.5. The van der Waals surface area contributed by atoms with Crippen LogP contribution in [-0.4, -0.2) is 17.7 Å². The van der Waals surface area contributed by atoms with Gasteiger partial charge >= 0.3 is 0 Å². The summed E-state index contributed by atoms with van der Waals surface area (Å²) in [5.74, 6) is 0.656. The Balaban J connectivity index is 1.76. The quantitative estimate of drug-likeness (QED) is 0.841. The monoisotopic (exact) mass is 293 g/mol. The molecule has 2 atom stereocenters. The van der Waals surface area contributed by atoms with E-state index in [1.807, 2.05) is 19.1 Å². The molecule has 0 saturated heterocycles. The maximum atomic E-state index is 11.9. The zero-order valence-electron chi connectivity index (χ0n) is 12.3. The highest BCUT2D eigenvalue weighted by molar-refractivity contribution is 7.14. The highest BCUT2D eigenvalue weighted by Gasteiger charge is 2.22. The molecule has 0 aliphatic heterocycles. The van der Waals surface area contributed by atoms with Gasteiger partial charge in [0.05, 0.1) is 4.88 Å². The van der Waals surface area contributed by atoms with Gasteiger partial charge in [0.25, 0.3) is 0 Å². The summed E-state index contributed by atoms with van der Waals surface area (Å²) in [6, 6.07) is 4.10. The van der Waals surface area contributed by atoms with E-state index in [4.69, 9.17) is 0 Å². The average molecular weight is 293 g/mol. The van der Waals surface area contributed by atoms with Gasteiger partial charge in [-0.1, -0.05) is 19.8 Å². The minimum absolute atomic E-state index is 0.0189. The van der Waals surface area contributed by atoms with E-state index in [1.54, 1.807) is 0 Å². The molecule has 2 rings (SSSR count). The van der Waals surface area contributed by atoms with Gasteiger partial charge in [0.1, 0.15) is 0 Å². The SMILES string of the molecule is Cc1ccc(C(=O)CCC(=O)N[C@H]2CCCC[C@H]2C)s1. The van der Waals surface area contributed by atoms with Crippen molar-refractivity contribution in [2.24, 2.45) is 5.92 Å². The van der Waals surface area contributed by atoms with Crippen molar-refractivity contribution in [3.8, 4) is 0 Å². The molecule has 1 fully saturated rings. The van der Waals surface area contributed by atoms with Gasteiger partial charge in [0.15, 0.2) is 5.78 Å². The van der Waals surface area contributed by atoms with Gasteiger partial charge in [-0.2, -0.15) is 0 Å². The highest BCUT2D eigenvalue weighted by Crippen LogP contribution is 2.24. The van der Waals surface area contributed by atoms with Crippen molar-refractivity contribution in [1.82, 2.24) is 5.32 Å². The Morgan fingerprint density at radius 3 is 2.65 bits per heavy atom. The summed E-state index contributed by atoms with van der Waals surface area (Å²) in [4.78, 5) is 25.8. The molecule has 4 heteroatoms. The summed E-state index contributed by atoms with van der Waals surface area (Å²) in [5.41, 5.74) is 0. The van der Waals surface area contributed by atoms with Crippen LogP contribution < -0.4 is 5.32 Å². The molecule has 1 aliphatic carbocycles. The van der Waals surface area contributed by atoms with E-state index in [9.17, 15) is 9.59 Å². The van der Waals surface area contributed by atoms with Crippen LogP contribution in [0, 0.1) is 12.8 Å². The molecule has 0 unspecified atom stereocenters. The fourth-order valence-electron chi connectivity index (χ4n) is 2.74. The number of carbonyl (C=O) groups excluding carboxylic acids is 2. The summed E-state index contributed by atoms with van der Waals surface area (Å²) >= 11 is 1.50. The molecule has 20 heavy (non-hydrogen) atoms. The van der Waals surface area contributed by atoms with Gasteiger partial charge in [-0.3, -0.25) is 9.59 Å². The number of thiophene rings is 1. The Hall–Kier alpha value is -1.16. The van der Waals surface area contributed by atoms with Crippen LogP contribution in [0.25, 0.3) is 0 Å². The predicted molar refractivity (Wildman–Crippen MR) is 82.2 cm³/mol. The van der Waals surface area contributed by atoms with Crippen LogP contribution in [0.15, 0.2) is 12.1 Å². The Bertz CT molecular complexity index is 481. The average Bonchev–Trinajstić information content (AvgIpc) is 2.85. The number of hydrogen-bond donors (Lipinski definition) is 1. The van der Waals surface area contributed by atoms with Crippen LogP contribution in [0.2, 0.25) is 0 Å². The molecule has 1 amide bonds. The molecule has 0 radical (unpaired) electrons. The van der Waals surface area contributed by atoms with Crippen molar-refractivity contribution in [1.29, 1.82) is 0 Å². The molecular weight excluding hydrogens is 270 g/mol. The van der Waals surface area contributed by atoms with E-state index in [2.05, 4.69) is 12.2 Å². The van der Waals surface area contributed by atoms with Gasteiger partial charge in [-0.15, -0.1) is 11.3 Å². The van der Waals surface area contributed by atoms with Gasteiger partial charge in [0, 0.05) is 23.8 Å². The Labute approximate surface area is 124 Å². The zero-order valence-corrected chi connectivity index (χ0v) is 13.1. The molecule has 0 bridgehead atoms. The molecule has 1 heterocycles. The lowest BCUT2D eigenvalue weighted by atomic mass is 9.86. The van der Waals surface area contributed by atoms with Crippen LogP contribution in [0.3, 0.4) is 0 Å². The molecule has 0 aromatic carbocycles. The second kappa shape index (κ2) is 7.02. The van der Waals surface area contributed by atoms with E-state index in [0.717, 1.165) is 16.2 Å². The van der Waals surface area contributed by atoms with Gasteiger partial charge < -0.3 is 5.32 Å². The molecule has 1 aliphatic rings. The smallest absolute Gasteiger partial charge is 0.220 e. The summed E-state index contributed by atoms with van der Waals surface area (Å²) in [6.07, 6.45) is 5.35. The zero-order chi connectivity index (χ0) is 14.5. The van der Waals surface area contributed by atoms with E-state index >= 15 is 0 Å². The highest BCUT2D eigenvalue weighted by atomic mass is 32.1. The fraction of sp³-hybridized carbons (Fsp3) is 0.625. The van der Waals surface area contributed by atoms with Crippen molar-refractivity contribution < 1.29 is 9.59 Å². The Kier molecular flexibility index (Phi) is 5.35.